The number of anilines is 1. The van der Waals surface area contributed by atoms with E-state index in [1.807, 2.05) is 67.6 Å². The highest BCUT2D eigenvalue weighted by atomic mass is 16.5. The molecule has 0 aliphatic rings. The van der Waals surface area contributed by atoms with Crippen LogP contribution in [0.25, 0.3) is 0 Å². The Hall–Kier alpha value is -3.80. The quantitative estimate of drug-likeness (QED) is 0.393. The maximum atomic E-state index is 12.7. The average Bonchev–Trinajstić information content (AvgIpc) is 2.81. The Labute approximate surface area is 194 Å². The van der Waals surface area contributed by atoms with E-state index in [0.29, 0.717) is 30.0 Å². The number of carboxylic acid groups (broad SMARTS) is 1. The monoisotopic (exact) mass is 447 g/mol. The topological polar surface area (TPSA) is 84.9 Å². The van der Waals surface area contributed by atoms with Crippen molar-refractivity contribution in [2.24, 2.45) is 5.92 Å². The molecule has 1 amide bonds. The molecular weight excluding hydrogens is 418 g/mol. The summed E-state index contributed by atoms with van der Waals surface area (Å²) in [5.41, 5.74) is 2.22. The van der Waals surface area contributed by atoms with E-state index in [2.05, 4.69) is 5.32 Å². The molecule has 0 fully saturated rings. The molecule has 2 N–H and O–H groups in total. The van der Waals surface area contributed by atoms with Gasteiger partial charge in [0.2, 0.25) is 5.91 Å². The molecular formula is C27H29NO5. The largest absolute Gasteiger partial charge is 0.495 e. The fourth-order valence-electron chi connectivity index (χ4n) is 3.61. The first kappa shape index (κ1) is 23.9. The zero-order valence-electron chi connectivity index (χ0n) is 18.9. The smallest absolute Gasteiger partial charge is 0.306 e. The molecule has 3 aromatic carbocycles. The zero-order valence-corrected chi connectivity index (χ0v) is 18.9. The van der Waals surface area contributed by atoms with Gasteiger partial charge in [0, 0.05) is 0 Å². The number of aliphatic carboxylic acids is 1. The van der Waals surface area contributed by atoms with Gasteiger partial charge in [0.25, 0.3) is 0 Å². The SMILES string of the molecule is CCCC(Cc1ccc(OC)c(NC(=O)Cc2ccc(Oc3ccccc3)cc2)c1)C(=O)O. The molecule has 0 aliphatic heterocycles. The summed E-state index contributed by atoms with van der Waals surface area (Å²) >= 11 is 0. The number of carboxylic acids is 1. The number of carbonyl (C=O) groups is 2. The maximum absolute atomic E-state index is 12.7. The minimum atomic E-state index is -0.807. The van der Waals surface area contributed by atoms with Crippen LogP contribution >= 0.6 is 0 Å². The molecule has 0 bridgehead atoms. The number of rotatable bonds is 11. The van der Waals surface area contributed by atoms with Crippen LogP contribution in [0.15, 0.2) is 72.8 Å². The summed E-state index contributed by atoms with van der Waals surface area (Å²) < 4.78 is 11.2. The van der Waals surface area contributed by atoms with E-state index < -0.39 is 11.9 Å². The van der Waals surface area contributed by atoms with Gasteiger partial charge >= 0.3 is 5.97 Å². The lowest BCUT2D eigenvalue weighted by atomic mass is 9.95. The molecule has 0 saturated carbocycles. The second-order valence-electron chi connectivity index (χ2n) is 7.85. The first-order chi connectivity index (χ1) is 16.0. The third-order valence-electron chi connectivity index (χ3n) is 5.27. The summed E-state index contributed by atoms with van der Waals surface area (Å²) in [5, 5.41) is 12.3. The number of methoxy groups -OCH3 is 1. The lowest BCUT2D eigenvalue weighted by Crippen LogP contribution is -2.17. The van der Waals surface area contributed by atoms with Crippen molar-refractivity contribution >= 4 is 17.6 Å². The molecule has 33 heavy (non-hydrogen) atoms. The predicted molar refractivity (Wildman–Crippen MR) is 128 cm³/mol. The molecule has 3 rings (SSSR count). The fraction of sp³-hybridized carbons (Fsp3) is 0.259. The van der Waals surface area contributed by atoms with Crippen LogP contribution < -0.4 is 14.8 Å². The van der Waals surface area contributed by atoms with E-state index in [9.17, 15) is 14.7 Å². The zero-order chi connectivity index (χ0) is 23.6. The van der Waals surface area contributed by atoms with Crippen molar-refractivity contribution in [3.63, 3.8) is 0 Å². The Kier molecular flexibility index (Phi) is 8.47. The first-order valence-electron chi connectivity index (χ1n) is 11.0. The summed E-state index contributed by atoms with van der Waals surface area (Å²) in [7, 11) is 1.53. The van der Waals surface area contributed by atoms with E-state index in [0.717, 1.165) is 23.3 Å². The van der Waals surface area contributed by atoms with Crippen LogP contribution in [0.1, 0.15) is 30.9 Å². The van der Waals surface area contributed by atoms with E-state index in [-0.39, 0.29) is 12.3 Å². The lowest BCUT2D eigenvalue weighted by molar-refractivity contribution is -0.142. The molecule has 0 saturated heterocycles. The summed E-state index contributed by atoms with van der Waals surface area (Å²) in [4.78, 5) is 24.2. The summed E-state index contributed by atoms with van der Waals surface area (Å²) in [6.45, 7) is 1.97. The highest BCUT2D eigenvalue weighted by Crippen LogP contribution is 2.28. The van der Waals surface area contributed by atoms with Crippen LogP contribution in [0.3, 0.4) is 0 Å². The Bertz CT molecular complexity index is 1060. The number of benzene rings is 3. The number of nitrogens with one attached hydrogen (secondary N) is 1. The van der Waals surface area contributed by atoms with E-state index in [4.69, 9.17) is 9.47 Å². The summed E-state index contributed by atoms with van der Waals surface area (Å²) in [6, 6.07) is 22.2. The second kappa shape index (κ2) is 11.7. The van der Waals surface area contributed by atoms with Crippen LogP contribution in [0.2, 0.25) is 0 Å². The highest BCUT2D eigenvalue weighted by Gasteiger charge is 2.18. The molecule has 172 valence electrons. The average molecular weight is 448 g/mol. The van der Waals surface area contributed by atoms with Crippen molar-refractivity contribution in [2.45, 2.75) is 32.6 Å². The molecule has 6 heteroatoms. The van der Waals surface area contributed by atoms with Gasteiger partial charge in [-0.3, -0.25) is 9.59 Å². The fourth-order valence-corrected chi connectivity index (χ4v) is 3.61. The second-order valence-corrected chi connectivity index (χ2v) is 7.85. The highest BCUT2D eigenvalue weighted by molar-refractivity contribution is 5.93. The van der Waals surface area contributed by atoms with Gasteiger partial charge < -0.3 is 19.9 Å². The Morgan fingerprint density at radius 1 is 0.939 bits per heavy atom. The molecule has 0 radical (unpaired) electrons. The van der Waals surface area contributed by atoms with Crippen molar-refractivity contribution in [2.75, 3.05) is 12.4 Å². The number of carbonyl (C=O) groups excluding carboxylic acids is 1. The van der Waals surface area contributed by atoms with Crippen molar-refractivity contribution in [3.05, 3.63) is 83.9 Å². The van der Waals surface area contributed by atoms with E-state index >= 15 is 0 Å². The molecule has 0 aromatic heterocycles. The van der Waals surface area contributed by atoms with Crippen LogP contribution in [0.5, 0.6) is 17.2 Å². The number of hydrogen-bond donors (Lipinski definition) is 2. The third kappa shape index (κ3) is 7.10. The van der Waals surface area contributed by atoms with Gasteiger partial charge in [-0.15, -0.1) is 0 Å². The van der Waals surface area contributed by atoms with Crippen molar-refractivity contribution < 1.29 is 24.2 Å². The van der Waals surface area contributed by atoms with Crippen molar-refractivity contribution in [1.29, 1.82) is 0 Å². The molecule has 3 aromatic rings. The molecule has 6 nitrogen and oxygen atoms in total. The van der Waals surface area contributed by atoms with Gasteiger partial charge in [0.1, 0.15) is 17.2 Å². The van der Waals surface area contributed by atoms with Crippen LogP contribution in [0.4, 0.5) is 5.69 Å². The minimum Gasteiger partial charge on any atom is -0.495 e. The normalized spacial score (nSPS) is 11.5. The Balaban J connectivity index is 1.64. The first-order valence-corrected chi connectivity index (χ1v) is 11.0. The predicted octanol–water partition coefficient (Wildman–Crippen LogP) is 5.71. The number of para-hydroxylation sites is 1. The van der Waals surface area contributed by atoms with Crippen LogP contribution in [-0.4, -0.2) is 24.1 Å². The van der Waals surface area contributed by atoms with Gasteiger partial charge in [0.05, 0.1) is 25.1 Å². The Morgan fingerprint density at radius 3 is 2.24 bits per heavy atom. The van der Waals surface area contributed by atoms with Crippen LogP contribution in [-0.2, 0) is 22.4 Å². The van der Waals surface area contributed by atoms with Crippen molar-refractivity contribution in [1.82, 2.24) is 0 Å². The van der Waals surface area contributed by atoms with Crippen LogP contribution in [0, 0.1) is 5.92 Å². The number of amides is 1. The van der Waals surface area contributed by atoms with Gasteiger partial charge in [-0.2, -0.15) is 0 Å². The van der Waals surface area contributed by atoms with Gasteiger partial charge in [-0.05, 0) is 60.4 Å². The minimum absolute atomic E-state index is 0.187. The maximum Gasteiger partial charge on any atom is 0.306 e. The number of hydrogen-bond acceptors (Lipinski definition) is 4. The van der Waals surface area contributed by atoms with Gasteiger partial charge in [-0.25, -0.2) is 0 Å². The standard InChI is InChI=1S/C27H29NO5/c1-3-7-21(27(30)31)16-20-12-15-25(32-2)24(17-20)28-26(29)18-19-10-13-23(14-11-19)33-22-8-5-4-6-9-22/h4-6,8-15,17,21H,3,7,16,18H2,1-2H3,(H,28,29)(H,30,31). The number of ether oxygens (including phenoxy) is 2. The molecule has 0 heterocycles. The molecule has 0 spiro atoms. The van der Waals surface area contributed by atoms with Gasteiger partial charge in [-0.1, -0.05) is 49.7 Å². The molecule has 0 aliphatic carbocycles. The summed E-state index contributed by atoms with van der Waals surface area (Å²) in [5.74, 6) is 0.520. The molecule has 1 unspecified atom stereocenters. The summed E-state index contributed by atoms with van der Waals surface area (Å²) in [6.07, 6.45) is 1.99. The molecule has 1 atom stereocenters. The lowest BCUT2D eigenvalue weighted by Gasteiger charge is -2.15. The third-order valence-corrected chi connectivity index (χ3v) is 5.27. The van der Waals surface area contributed by atoms with E-state index in [1.165, 1.54) is 7.11 Å². The van der Waals surface area contributed by atoms with Crippen molar-refractivity contribution in [3.8, 4) is 17.2 Å². The van der Waals surface area contributed by atoms with Gasteiger partial charge in [0.15, 0.2) is 0 Å². The van der Waals surface area contributed by atoms with E-state index in [1.54, 1.807) is 12.1 Å². The Morgan fingerprint density at radius 2 is 1.61 bits per heavy atom.